The van der Waals surface area contributed by atoms with Gasteiger partial charge in [-0.2, -0.15) is 0 Å². The largest absolute Gasteiger partial charge is 0.473 e. The zero-order valence-corrected chi connectivity index (χ0v) is 9.39. The first kappa shape index (κ1) is 10.4. The number of aromatic nitrogens is 1. The zero-order valence-electron chi connectivity index (χ0n) is 9.39. The van der Waals surface area contributed by atoms with Crippen LogP contribution in [0.3, 0.4) is 0 Å². The number of hydrogen-bond acceptors (Lipinski definition) is 3. The molecule has 1 aliphatic rings. The summed E-state index contributed by atoms with van der Waals surface area (Å²) in [5, 5.41) is 0. The minimum absolute atomic E-state index is 0.308. The fraction of sp³-hybridized carbons (Fsp3) is 0.583. The van der Waals surface area contributed by atoms with E-state index in [9.17, 15) is 0 Å². The highest BCUT2D eigenvalue weighted by atomic mass is 16.5. The third-order valence-electron chi connectivity index (χ3n) is 2.83. The van der Waals surface area contributed by atoms with Gasteiger partial charge in [-0.15, -0.1) is 0 Å². The minimum Gasteiger partial charge on any atom is -0.473 e. The van der Waals surface area contributed by atoms with Crippen LogP contribution in [0.2, 0.25) is 0 Å². The van der Waals surface area contributed by atoms with Gasteiger partial charge < -0.3 is 4.74 Å². The molecule has 0 N–H and O–H groups in total. The summed E-state index contributed by atoms with van der Waals surface area (Å²) in [5.41, 5.74) is 0. The predicted molar refractivity (Wildman–Crippen MR) is 60.0 cm³/mol. The molecule has 15 heavy (non-hydrogen) atoms. The molecule has 1 aromatic rings. The Morgan fingerprint density at radius 2 is 2.33 bits per heavy atom. The Hall–Kier alpha value is -1.09. The molecule has 1 fully saturated rings. The van der Waals surface area contributed by atoms with E-state index in [0.29, 0.717) is 12.1 Å². The molecule has 1 atom stereocenters. The summed E-state index contributed by atoms with van der Waals surface area (Å²) in [5.74, 6) is 0.744. The first-order chi connectivity index (χ1) is 7.25. The second-order valence-corrected chi connectivity index (χ2v) is 4.29. The van der Waals surface area contributed by atoms with Crippen molar-refractivity contribution in [3.63, 3.8) is 0 Å². The van der Waals surface area contributed by atoms with Crippen LogP contribution in [0, 0.1) is 0 Å². The van der Waals surface area contributed by atoms with Crippen LogP contribution in [-0.4, -0.2) is 35.1 Å². The first-order valence-corrected chi connectivity index (χ1v) is 5.57. The Bertz CT molecular complexity index is 300. The van der Waals surface area contributed by atoms with Crippen LogP contribution in [-0.2, 0) is 0 Å². The van der Waals surface area contributed by atoms with Crippen LogP contribution >= 0.6 is 0 Å². The van der Waals surface area contributed by atoms with Gasteiger partial charge in [-0.25, -0.2) is 4.98 Å². The Morgan fingerprint density at radius 1 is 1.47 bits per heavy atom. The third kappa shape index (κ3) is 2.69. The van der Waals surface area contributed by atoms with Gasteiger partial charge >= 0.3 is 0 Å². The Labute approximate surface area is 91.1 Å². The molecule has 0 spiro atoms. The second kappa shape index (κ2) is 4.62. The van der Waals surface area contributed by atoms with E-state index in [0.717, 1.165) is 25.4 Å². The molecule has 1 aromatic heterocycles. The summed E-state index contributed by atoms with van der Waals surface area (Å²) in [6.07, 6.45) is 3.18. The van der Waals surface area contributed by atoms with E-state index in [1.807, 2.05) is 18.2 Å². The average molecular weight is 206 g/mol. The van der Waals surface area contributed by atoms with E-state index in [1.165, 1.54) is 0 Å². The standard InChI is InChI=1S/C12H18N2O/c1-10(2)14-8-6-11(9-14)15-12-5-3-4-7-13-12/h3-5,7,10-11H,6,8-9H2,1-2H3. The monoisotopic (exact) mass is 206 g/mol. The van der Waals surface area contributed by atoms with Crippen LogP contribution in [0.4, 0.5) is 0 Å². The average Bonchev–Trinajstić information content (AvgIpc) is 2.68. The van der Waals surface area contributed by atoms with Crippen molar-refractivity contribution in [3.8, 4) is 5.88 Å². The molecule has 82 valence electrons. The maximum absolute atomic E-state index is 5.80. The van der Waals surface area contributed by atoms with Gasteiger partial charge in [0.2, 0.25) is 5.88 Å². The summed E-state index contributed by atoms with van der Waals surface area (Å²) in [6, 6.07) is 6.39. The van der Waals surface area contributed by atoms with E-state index in [1.54, 1.807) is 6.20 Å². The number of rotatable bonds is 3. The molecular formula is C12H18N2O. The number of likely N-dealkylation sites (tertiary alicyclic amines) is 1. The van der Waals surface area contributed by atoms with E-state index < -0.39 is 0 Å². The molecule has 0 aliphatic carbocycles. The van der Waals surface area contributed by atoms with Crippen molar-refractivity contribution in [1.82, 2.24) is 9.88 Å². The van der Waals surface area contributed by atoms with E-state index in [2.05, 4.69) is 23.7 Å². The molecule has 2 heterocycles. The molecule has 0 radical (unpaired) electrons. The summed E-state index contributed by atoms with van der Waals surface area (Å²) < 4.78 is 5.80. The van der Waals surface area contributed by atoms with Crippen LogP contribution in [0.25, 0.3) is 0 Å². The van der Waals surface area contributed by atoms with Crippen molar-refractivity contribution < 1.29 is 4.74 Å². The summed E-state index contributed by atoms with van der Waals surface area (Å²) in [4.78, 5) is 6.61. The lowest BCUT2D eigenvalue weighted by molar-refractivity contribution is 0.181. The third-order valence-corrected chi connectivity index (χ3v) is 2.83. The lowest BCUT2D eigenvalue weighted by Crippen LogP contribution is -2.30. The van der Waals surface area contributed by atoms with E-state index >= 15 is 0 Å². The van der Waals surface area contributed by atoms with Gasteiger partial charge in [0.1, 0.15) is 6.10 Å². The number of hydrogen-bond donors (Lipinski definition) is 0. The second-order valence-electron chi connectivity index (χ2n) is 4.29. The minimum atomic E-state index is 0.308. The van der Waals surface area contributed by atoms with Gasteiger partial charge in [-0.05, 0) is 26.3 Å². The zero-order chi connectivity index (χ0) is 10.7. The van der Waals surface area contributed by atoms with Crippen LogP contribution in [0.15, 0.2) is 24.4 Å². The first-order valence-electron chi connectivity index (χ1n) is 5.57. The van der Waals surface area contributed by atoms with Gasteiger partial charge in [-0.3, -0.25) is 4.90 Å². The predicted octanol–water partition coefficient (Wildman–Crippen LogP) is 1.94. The molecule has 1 aliphatic heterocycles. The Balaban J connectivity index is 1.88. The molecule has 3 heteroatoms. The van der Waals surface area contributed by atoms with E-state index in [4.69, 9.17) is 4.74 Å². The van der Waals surface area contributed by atoms with Crippen LogP contribution < -0.4 is 4.74 Å². The van der Waals surface area contributed by atoms with Crippen molar-refractivity contribution in [3.05, 3.63) is 24.4 Å². The molecule has 0 bridgehead atoms. The Morgan fingerprint density at radius 3 is 2.93 bits per heavy atom. The fourth-order valence-corrected chi connectivity index (χ4v) is 1.91. The number of ether oxygens (including phenoxy) is 1. The van der Waals surface area contributed by atoms with Crippen molar-refractivity contribution in [2.75, 3.05) is 13.1 Å². The lowest BCUT2D eigenvalue weighted by Gasteiger charge is -2.20. The fourth-order valence-electron chi connectivity index (χ4n) is 1.91. The quantitative estimate of drug-likeness (QED) is 0.755. The highest BCUT2D eigenvalue weighted by molar-refractivity contribution is 5.10. The molecule has 0 saturated carbocycles. The molecule has 3 nitrogen and oxygen atoms in total. The van der Waals surface area contributed by atoms with Crippen LogP contribution in [0.5, 0.6) is 5.88 Å². The highest BCUT2D eigenvalue weighted by Gasteiger charge is 2.25. The van der Waals surface area contributed by atoms with Gasteiger partial charge in [0.25, 0.3) is 0 Å². The smallest absolute Gasteiger partial charge is 0.213 e. The van der Waals surface area contributed by atoms with Gasteiger partial charge in [0, 0.05) is 31.4 Å². The van der Waals surface area contributed by atoms with Crippen LogP contribution in [0.1, 0.15) is 20.3 Å². The van der Waals surface area contributed by atoms with Gasteiger partial charge in [0.15, 0.2) is 0 Å². The van der Waals surface area contributed by atoms with Crippen molar-refractivity contribution in [1.29, 1.82) is 0 Å². The number of pyridine rings is 1. The molecular weight excluding hydrogens is 188 g/mol. The summed E-state index contributed by atoms with van der Waals surface area (Å²) in [6.45, 7) is 6.61. The van der Waals surface area contributed by atoms with Crippen molar-refractivity contribution in [2.45, 2.75) is 32.4 Å². The maximum atomic E-state index is 5.80. The summed E-state index contributed by atoms with van der Waals surface area (Å²) in [7, 11) is 0. The lowest BCUT2D eigenvalue weighted by atomic mass is 10.3. The molecule has 1 saturated heterocycles. The topological polar surface area (TPSA) is 25.4 Å². The van der Waals surface area contributed by atoms with Gasteiger partial charge in [-0.1, -0.05) is 6.07 Å². The molecule has 1 unspecified atom stereocenters. The SMILES string of the molecule is CC(C)N1CCC(Oc2ccccn2)C1. The van der Waals surface area contributed by atoms with Gasteiger partial charge in [0.05, 0.1) is 0 Å². The summed E-state index contributed by atoms with van der Waals surface area (Å²) >= 11 is 0. The maximum Gasteiger partial charge on any atom is 0.213 e. The normalized spacial score (nSPS) is 22.2. The Kier molecular flexibility index (Phi) is 3.21. The highest BCUT2D eigenvalue weighted by Crippen LogP contribution is 2.17. The molecule has 2 rings (SSSR count). The van der Waals surface area contributed by atoms with Crippen molar-refractivity contribution in [2.24, 2.45) is 0 Å². The van der Waals surface area contributed by atoms with Crippen molar-refractivity contribution >= 4 is 0 Å². The molecule has 0 amide bonds. The molecule has 0 aromatic carbocycles. The number of nitrogens with zero attached hydrogens (tertiary/aromatic N) is 2. The van der Waals surface area contributed by atoms with E-state index in [-0.39, 0.29) is 0 Å².